The molecule has 0 fully saturated rings. The summed E-state index contributed by atoms with van der Waals surface area (Å²) in [5, 5.41) is 2.91. The predicted octanol–water partition coefficient (Wildman–Crippen LogP) is 3.99. The predicted molar refractivity (Wildman–Crippen MR) is 106 cm³/mol. The van der Waals surface area contributed by atoms with Crippen molar-refractivity contribution in [2.75, 3.05) is 11.9 Å². The molecular weight excluding hydrogens is 359 g/mol. The molecule has 1 aliphatic heterocycles. The van der Waals surface area contributed by atoms with Crippen molar-refractivity contribution in [1.82, 2.24) is 4.90 Å². The van der Waals surface area contributed by atoms with Crippen LogP contribution in [0.25, 0.3) is 5.57 Å². The van der Waals surface area contributed by atoms with E-state index in [1.807, 2.05) is 13.8 Å². The maximum absolute atomic E-state index is 13.5. The van der Waals surface area contributed by atoms with E-state index in [0.29, 0.717) is 17.0 Å². The molecule has 3 rings (SSSR count). The van der Waals surface area contributed by atoms with Crippen LogP contribution < -0.4 is 10.1 Å². The summed E-state index contributed by atoms with van der Waals surface area (Å²) in [7, 11) is 0. The summed E-state index contributed by atoms with van der Waals surface area (Å²) in [6.07, 6.45) is 1.51. The highest BCUT2D eigenvalue weighted by molar-refractivity contribution is 6.36. The van der Waals surface area contributed by atoms with Crippen molar-refractivity contribution in [1.29, 1.82) is 0 Å². The summed E-state index contributed by atoms with van der Waals surface area (Å²) in [4.78, 5) is 26.8. The van der Waals surface area contributed by atoms with Gasteiger partial charge in [-0.2, -0.15) is 0 Å². The minimum absolute atomic E-state index is 0.0213. The maximum Gasteiger partial charge on any atom is 0.278 e. The van der Waals surface area contributed by atoms with E-state index in [0.717, 1.165) is 4.90 Å². The van der Waals surface area contributed by atoms with Gasteiger partial charge in [0.05, 0.1) is 11.7 Å². The van der Waals surface area contributed by atoms with Crippen LogP contribution in [0, 0.1) is 5.82 Å². The Morgan fingerprint density at radius 2 is 1.86 bits per heavy atom. The number of nitrogens with one attached hydrogen (secondary N) is 1. The van der Waals surface area contributed by atoms with Gasteiger partial charge in [0.25, 0.3) is 11.8 Å². The highest BCUT2D eigenvalue weighted by Crippen LogP contribution is 2.31. The quantitative estimate of drug-likeness (QED) is 0.583. The number of carbonyl (C=O) groups excluding carboxylic acids is 2. The summed E-state index contributed by atoms with van der Waals surface area (Å²) in [5.41, 5.74) is 1.29. The summed E-state index contributed by atoms with van der Waals surface area (Å²) in [5.74, 6) is -0.686. The zero-order chi connectivity index (χ0) is 20.3. The lowest BCUT2D eigenvalue weighted by Crippen LogP contribution is -2.32. The number of nitrogens with zero attached hydrogens (tertiary/aromatic N) is 1. The van der Waals surface area contributed by atoms with Gasteiger partial charge in [-0.25, -0.2) is 4.39 Å². The van der Waals surface area contributed by atoms with Crippen molar-refractivity contribution >= 4 is 23.1 Å². The second-order valence-electron chi connectivity index (χ2n) is 6.59. The van der Waals surface area contributed by atoms with E-state index < -0.39 is 17.6 Å². The van der Waals surface area contributed by atoms with Crippen LogP contribution in [0.4, 0.5) is 10.1 Å². The molecule has 6 heteroatoms. The number of halogens is 1. The van der Waals surface area contributed by atoms with Crippen molar-refractivity contribution in [3.8, 4) is 5.75 Å². The molecule has 0 aromatic heterocycles. The molecule has 2 aromatic rings. The second-order valence-corrected chi connectivity index (χ2v) is 6.59. The first-order chi connectivity index (χ1) is 13.4. The molecule has 0 atom stereocenters. The molecule has 1 heterocycles. The molecule has 0 saturated carbocycles. The number of ether oxygens (including phenoxy) is 1. The van der Waals surface area contributed by atoms with E-state index in [9.17, 15) is 14.0 Å². The lowest BCUT2D eigenvalue weighted by molar-refractivity contribution is -0.136. The van der Waals surface area contributed by atoms with E-state index >= 15 is 0 Å². The van der Waals surface area contributed by atoms with Gasteiger partial charge in [0, 0.05) is 12.2 Å². The van der Waals surface area contributed by atoms with Gasteiger partial charge >= 0.3 is 0 Å². The number of hydrogen-bond acceptors (Lipinski definition) is 4. The van der Waals surface area contributed by atoms with Gasteiger partial charge < -0.3 is 10.1 Å². The number of benzene rings is 2. The molecule has 0 unspecified atom stereocenters. The summed E-state index contributed by atoms with van der Waals surface area (Å²) in [6.45, 7) is 7.53. The van der Waals surface area contributed by atoms with Crippen LogP contribution in [0.2, 0.25) is 0 Å². The molecule has 144 valence electrons. The molecule has 1 N–H and O–H groups in total. The van der Waals surface area contributed by atoms with E-state index in [4.69, 9.17) is 4.74 Å². The molecule has 5 nitrogen and oxygen atoms in total. The van der Waals surface area contributed by atoms with Gasteiger partial charge in [-0.05, 0) is 49.7 Å². The standard InChI is InChI=1S/C22H21FN2O3/c1-4-12-25-21(26)19(15-8-10-18(11-9-15)28-14(2)3)20(22(25)27)24-17-7-5-6-16(23)13-17/h4-11,13-14,24H,1,12H2,2-3H3. The highest BCUT2D eigenvalue weighted by Gasteiger charge is 2.38. The van der Waals surface area contributed by atoms with Crippen LogP contribution in [0.3, 0.4) is 0 Å². The Balaban J connectivity index is 2.02. The number of rotatable bonds is 7. The van der Waals surface area contributed by atoms with Gasteiger partial charge in [-0.3, -0.25) is 14.5 Å². The van der Waals surface area contributed by atoms with Gasteiger partial charge in [0.15, 0.2) is 0 Å². The Bertz CT molecular complexity index is 949. The Labute approximate surface area is 163 Å². The van der Waals surface area contributed by atoms with Crippen LogP contribution in [-0.2, 0) is 9.59 Å². The zero-order valence-electron chi connectivity index (χ0n) is 15.7. The zero-order valence-corrected chi connectivity index (χ0v) is 15.7. The number of hydrogen-bond donors (Lipinski definition) is 1. The summed E-state index contributed by atoms with van der Waals surface area (Å²) in [6, 6.07) is 12.7. The molecule has 0 saturated heterocycles. The molecule has 28 heavy (non-hydrogen) atoms. The number of amides is 2. The third-order valence-electron chi connectivity index (χ3n) is 4.09. The lowest BCUT2D eigenvalue weighted by atomic mass is 10.0. The summed E-state index contributed by atoms with van der Waals surface area (Å²) >= 11 is 0. The smallest absolute Gasteiger partial charge is 0.278 e. The van der Waals surface area contributed by atoms with Crippen molar-refractivity contribution in [3.05, 3.63) is 78.3 Å². The topological polar surface area (TPSA) is 58.6 Å². The third-order valence-corrected chi connectivity index (χ3v) is 4.09. The number of carbonyl (C=O) groups is 2. The first-order valence-electron chi connectivity index (χ1n) is 8.91. The fourth-order valence-corrected chi connectivity index (χ4v) is 2.94. The number of anilines is 1. The fourth-order valence-electron chi connectivity index (χ4n) is 2.94. The highest BCUT2D eigenvalue weighted by atomic mass is 19.1. The van der Waals surface area contributed by atoms with Crippen molar-refractivity contribution in [2.24, 2.45) is 0 Å². The summed E-state index contributed by atoms with van der Waals surface area (Å²) < 4.78 is 19.2. The number of imide groups is 1. The molecule has 0 aliphatic carbocycles. The largest absolute Gasteiger partial charge is 0.491 e. The van der Waals surface area contributed by atoms with Crippen LogP contribution in [-0.4, -0.2) is 29.4 Å². The van der Waals surface area contributed by atoms with Crippen LogP contribution >= 0.6 is 0 Å². The van der Waals surface area contributed by atoms with Gasteiger partial charge in [0.2, 0.25) is 0 Å². The minimum Gasteiger partial charge on any atom is -0.491 e. The SMILES string of the molecule is C=CCN1C(=O)C(Nc2cccc(F)c2)=C(c2ccc(OC(C)C)cc2)C1=O. The first kappa shape index (κ1) is 19.4. The monoisotopic (exact) mass is 380 g/mol. The van der Waals surface area contributed by atoms with Crippen molar-refractivity contribution in [3.63, 3.8) is 0 Å². The Hall–Kier alpha value is -3.41. The molecule has 0 spiro atoms. The van der Waals surface area contributed by atoms with Crippen molar-refractivity contribution in [2.45, 2.75) is 20.0 Å². The van der Waals surface area contributed by atoms with E-state index in [1.54, 1.807) is 30.3 Å². The van der Waals surface area contributed by atoms with Gasteiger partial charge in [-0.15, -0.1) is 6.58 Å². The second kappa shape index (κ2) is 8.08. The van der Waals surface area contributed by atoms with Crippen molar-refractivity contribution < 1.29 is 18.7 Å². The van der Waals surface area contributed by atoms with Crippen LogP contribution in [0.15, 0.2) is 66.9 Å². The van der Waals surface area contributed by atoms with Gasteiger partial charge in [-0.1, -0.05) is 24.3 Å². The Morgan fingerprint density at radius 3 is 2.46 bits per heavy atom. The molecule has 2 aromatic carbocycles. The molecule has 0 bridgehead atoms. The van der Waals surface area contributed by atoms with Gasteiger partial charge in [0.1, 0.15) is 17.3 Å². The Kier molecular flexibility index (Phi) is 5.59. The minimum atomic E-state index is -0.480. The first-order valence-corrected chi connectivity index (χ1v) is 8.91. The van der Waals surface area contributed by atoms with Crippen LogP contribution in [0.1, 0.15) is 19.4 Å². The maximum atomic E-state index is 13.5. The average molecular weight is 380 g/mol. The molecule has 1 aliphatic rings. The van der Waals surface area contributed by atoms with E-state index in [2.05, 4.69) is 11.9 Å². The molecular formula is C22H21FN2O3. The fraction of sp³-hybridized carbons (Fsp3) is 0.182. The molecule has 0 radical (unpaired) electrons. The normalized spacial score (nSPS) is 14.1. The lowest BCUT2D eigenvalue weighted by Gasteiger charge is -2.12. The third kappa shape index (κ3) is 3.96. The van der Waals surface area contributed by atoms with E-state index in [-0.39, 0.29) is 23.9 Å². The average Bonchev–Trinajstić information content (AvgIpc) is 2.87. The Morgan fingerprint density at radius 1 is 1.14 bits per heavy atom. The van der Waals surface area contributed by atoms with Crippen LogP contribution in [0.5, 0.6) is 5.75 Å². The van der Waals surface area contributed by atoms with E-state index in [1.165, 1.54) is 24.3 Å². The molecule has 2 amide bonds.